The molecule has 0 radical (unpaired) electrons. The van der Waals surface area contributed by atoms with Gasteiger partial charge in [-0.15, -0.1) is 0 Å². The number of methoxy groups -OCH3 is 2. The van der Waals surface area contributed by atoms with Crippen molar-refractivity contribution in [3.05, 3.63) is 47.5 Å². The van der Waals surface area contributed by atoms with E-state index in [0.29, 0.717) is 36.0 Å². The highest BCUT2D eigenvalue weighted by atomic mass is 16.7. The number of piperidine rings is 1. The molecule has 7 heteroatoms. The van der Waals surface area contributed by atoms with E-state index in [2.05, 4.69) is 0 Å². The maximum atomic E-state index is 12.1. The van der Waals surface area contributed by atoms with E-state index in [9.17, 15) is 9.90 Å². The molecule has 154 valence electrons. The van der Waals surface area contributed by atoms with Crippen LogP contribution >= 0.6 is 0 Å². The van der Waals surface area contributed by atoms with Gasteiger partial charge in [0.1, 0.15) is 17.5 Å². The normalized spacial score (nSPS) is 19.6. The average Bonchev–Trinajstić information content (AvgIpc) is 3.22. The summed E-state index contributed by atoms with van der Waals surface area (Å²) < 4.78 is 22.4. The summed E-state index contributed by atoms with van der Waals surface area (Å²) in [5.74, 6) is 1.84. The first-order valence-corrected chi connectivity index (χ1v) is 9.73. The van der Waals surface area contributed by atoms with E-state index in [0.717, 1.165) is 24.0 Å². The van der Waals surface area contributed by atoms with Crippen LogP contribution < -0.4 is 18.9 Å². The first kappa shape index (κ1) is 19.4. The van der Waals surface area contributed by atoms with Crippen LogP contribution in [0.25, 0.3) is 0 Å². The van der Waals surface area contributed by atoms with E-state index in [1.165, 1.54) is 0 Å². The monoisotopic (exact) mass is 399 g/mol. The molecule has 2 atom stereocenters. The van der Waals surface area contributed by atoms with E-state index >= 15 is 0 Å². The molecule has 0 bridgehead atoms. The lowest BCUT2D eigenvalue weighted by molar-refractivity contribution is -0.145. The number of hydrogen-bond acceptors (Lipinski definition) is 6. The van der Waals surface area contributed by atoms with Crippen molar-refractivity contribution in [1.29, 1.82) is 0 Å². The van der Waals surface area contributed by atoms with Crippen LogP contribution in [0.15, 0.2) is 36.4 Å². The number of hydrogen-bond donors (Lipinski definition) is 1. The van der Waals surface area contributed by atoms with Crippen molar-refractivity contribution < 1.29 is 28.8 Å². The summed E-state index contributed by atoms with van der Waals surface area (Å²) in [6.45, 7) is 0.847. The van der Waals surface area contributed by atoms with Gasteiger partial charge in [-0.3, -0.25) is 9.69 Å². The molecule has 2 heterocycles. The van der Waals surface area contributed by atoms with Crippen molar-refractivity contribution in [2.45, 2.75) is 31.3 Å². The zero-order chi connectivity index (χ0) is 20.4. The van der Waals surface area contributed by atoms with Gasteiger partial charge < -0.3 is 24.1 Å². The van der Waals surface area contributed by atoms with Crippen molar-refractivity contribution >= 4 is 5.97 Å². The summed E-state index contributed by atoms with van der Waals surface area (Å²) in [6.07, 6.45) is 2.43. The minimum absolute atomic E-state index is 0.183. The van der Waals surface area contributed by atoms with E-state index < -0.39 is 12.0 Å². The summed E-state index contributed by atoms with van der Waals surface area (Å²) in [6, 6.07) is 10.4. The molecule has 2 aromatic carbocycles. The first-order valence-electron chi connectivity index (χ1n) is 9.73. The Morgan fingerprint density at radius 1 is 1.10 bits per heavy atom. The maximum Gasteiger partial charge on any atom is 0.320 e. The number of likely N-dealkylation sites (tertiary alicyclic amines) is 1. The van der Waals surface area contributed by atoms with E-state index in [1.54, 1.807) is 14.2 Å². The largest absolute Gasteiger partial charge is 0.496 e. The quantitative estimate of drug-likeness (QED) is 0.797. The highest BCUT2D eigenvalue weighted by Crippen LogP contribution is 2.45. The average molecular weight is 399 g/mol. The molecular formula is C22H25NO6. The Balaban J connectivity index is 1.90. The molecule has 1 fully saturated rings. The zero-order valence-electron chi connectivity index (χ0n) is 16.6. The lowest BCUT2D eigenvalue weighted by atomic mass is 9.90. The van der Waals surface area contributed by atoms with E-state index in [1.807, 2.05) is 41.3 Å². The molecule has 0 saturated carbocycles. The predicted octanol–water partition coefficient (Wildman–Crippen LogP) is 3.46. The van der Waals surface area contributed by atoms with Gasteiger partial charge in [0.2, 0.25) is 6.79 Å². The van der Waals surface area contributed by atoms with Crippen LogP contribution in [-0.2, 0) is 4.79 Å². The van der Waals surface area contributed by atoms with Gasteiger partial charge in [0.15, 0.2) is 11.5 Å². The molecule has 0 aliphatic carbocycles. The third-order valence-electron chi connectivity index (χ3n) is 5.61. The second-order valence-electron chi connectivity index (χ2n) is 7.18. The van der Waals surface area contributed by atoms with Crippen molar-refractivity contribution in [3.63, 3.8) is 0 Å². The fraction of sp³-hybridized carbons (Fsp3) is 0.409. The van der Waals surface area contributed by atoms with E-state index in [-0.39, 0.29) is 12.8 Å². The SMILES string of the molecule is COc1cccc(OC)c1C(c1ccc2c(c1)OCO2)N1CCCCC1C(=O)O. The second kappa shape index (κ2) is 8.21. The summed E-state index contributed by atoms with van der Waals surface area (Å²) >= 11 is 0. The molecule has 0 spiro atoms. The van der Waals surface area contributed by atoms with Crippen molar-refractivity contribution in [2.75, 3.05) is 27.6 Å². The van der Waals surface area contributed by atoms with Gasteiger partial charge >= 0.3 is 5.97 Å². The van der Waals surface area contributed by atoms with Crippen LogP contribution in [-0.4, -0.2) is 49.6 Å². The molecule has 1 saturated heterocycles. The second-order valence-corrected chi connectivity index (χ2v) is 7.18. The van der Waals surface area contributed by atoms with Gasteiger partial charge in [-0.05, 0) is 49.2 Å². The molecule has 2 aliphatic rings. The lowest BCUT2D eigenvalue weighted by Crippen LogP contribution is -2.47. The molecule has 2 unspecified atom stereocenters. The molecule has 0 amide bonds. The van der Waals surface area contributed by atoms with Crippen LogP contribution in [0.1, 0.15) is 36.4 Å². The molecule has 7 nitrogen and oxygen atoms in total. The highest BCUT2D eigenvalue weighted by Gasteiger charge is 2.38. The van der Waals surface area contributed by atoms with Crippen LogP contribution in [0.5, 0.6) is 23.0 Å². The number of ether oxygens (including phenoxy) is 4. The molecule has 0 aromatic heterocycles. The lowest BCUT2D eigenvalue weighted by Gasteiger charge is -2.40. The number of rotatable bonds is 6. The fourth-order valence-corrected chi connectivity index (χ4v) is 4.28. The smallest absolute Gasteiger partial charge is 0.320 e. The number of fused-ring (bicyclic) bond motifs is 1. The number of carboxylic acid groups (broad SMARTS) is 1. The van der Waals surface area contributed by atoms with Crippen LogP contribution in [0, 0.1) is 0 Å². The van der Waals surface area contributed by atoms with Crippen LogP contribution in [0.2, 0.25) is 0 Å². The third kappa shape index (κ3) is 3.58. The Labute approximate surface area is 169 Å². The van der Waals surface area contributed by atoms with Crippen molar-refractivity contribution in [3.8, 4) is 23.0 Å². The minimum atomic E-state index is -0.815. The third-order valence-corrected chi connectivity index (χ3v) is 5.61. The summed E-state index contributed by atoms with van der Waals surface area (Å²) in [7, 11) is 3.22. The van der Waals surface area contributed by atoms with Crippen molar-refractivity contribution in [2.24, 2.45) is 0 Å². The van der Waals surface area contributed by atoms with Gasteiger partial charge in [-0.1, -0.05) is 18.6 Å². The van der Waals surface area contributed by atoms with Gasteiger partial charge in [0, 0.05) is 0 Å². The molecule has 2 aliphatic heterocycles. The topological polar surface area (TPSA) is 77.5 Å². The Morgan fingerprint density at radius 3 is 2.52 bits per heavy atom. The number of carboxylic acids is 1. The zero-order valence-corrected chi connectivity index (χ0v) is 16.6. The predicted molar refractivity (Wildman–Crippen MR) is 106 cm³/mol. The summed E-state index contributed by atoms with van der Waals surface area (Å²) in [5, 5.41) is 9.91. The number of aliphatic carboxylic acids is 1. The van der Waals surface area contributed by atoms with Gasteiger partial charge in [0.05, 0.1) is 25.8 Å². The number of carbonyl (C=O) groups is 1. The van der Waals surface area contributed by atoms with Crippen molar-refractivity contribution in [1.82, 2.24) is 4.90 Å². The Bertz CT molecular complexity index is 877. The maximum absolute atomic E-state index is 12.1. The molecular weight excluding hydrogens is 374 g/mol. The summed E-state index contributed by atoms with van der Waals surface area (Å²) in [4.78, 5) is 14.1. The number of benzene rings is 2. The fourth-order valence-electron chi connectivity index (χ4n) is 4.28. The number of nitrogens with zero attached hydrogens (tertiary/aromatic N) is 1. The van der Waals surface area contributed by atoms with Gasteiger partial charge in [-0.2, -0.15) is 0 Å². The Morgan fingerprint density at radius 2 is 1.83 bits per heavy atom. The van der Waals surface area contributed by atoms with Crippen LogP contribution in [0.3, 0.4) is 0 Å². The van der Waals surface area contributed by atoms with Gasteiger partial charge in [-0.25, -0.2) is 0 Å². The standard InChI is InChI=1S/C22H25NO6/c1-26-17-7-5-8-18(27-2)20(17)21(23-11-4-3-6-15(23)22(24)25)14-9-10-16-19(12-14)29-13-28-16/h5,7-10,12,15,21H,3-4,6,11,13H2,1-2H3,(H,24,25). The summed E-state index contributed by atoms with van der Waals surface area (Å²) in [5.41, 5.74) is 1.72. The molecule has 2 aromatic rings. The van der Waals surface area contributed by atoms with Gasteiger partial charge in [0.25, 0.3) is 0 Å². The Hall–Kier alpha value is -2.93. The molecule has 29 heavy (non-hydrogen) atoms. The minimum Gasteiger partial charge on any atom is -0.496 e. The van der Waals surface area contributed by atoms with Crippen LogP contribution in [0.4, 0.5) is 0 Å². The molecule has 4 rings (SSSR count). The first-order chi connectivity index (χ1) is 14.1. The highest BCUT2D eigenvalue weighted by molar-refractivity contribution is 5.74. The van der Waals surface area contributed by atoms with E-state index in [4.69, 9.17) is 18.9 Å². The Kier molecular flexibility index (Phi) is 5.49. The molecule has 1 N–H and O–H groups in total.